The summed E-state index contributed by atoms with van der Waals surface area (Å²) in [6.07, 6.45) is 0.923. The number of nitrogens with two attached hydrogens (primary N) is 1. The first kappa shape index (κ1) is 8.28. The molecule has 0 aliphatic carbocycles. The Kier molecular flexibility index (Phi) is 1.65. The molecular formula is C10H9N3O2. The third-order valence-electron chi connectivity index (χ3n) is 2.38. The van der Waals surface area contributed by atoms with E-state index in [-0.39, 0.29) is 5.95 Å². The van der Waals surface area contributed by atoms with E-state index in [1.54, 1.807) is 0 Å². The van der Waals surface area contributed by atoms with Gasteiger partial charge in [0.25, 0.3) is 11.8 Å². The molecule has 0 atom stereocenters. The van der Waals surface area contributed by atoms with Crippen molar-refractivity contribution in [2.45, 2.75) is 6.42 Å². The molecule has 76 valence electrons. The number of rotatable bonds is 1. The molecular weight excluding hydrogens is 194 g/mol. The standard InChI is InChI=1S/C10H9N3O2/c11-10-12-9(15-13-10)7-1-2-8-6(5-7)3-4-14-8/h1-2,5H,3-4H2,(H2,11,13). The first-order valence-corrected chi connectivity index (χ1v) is 4.68. The van der Waals surface area contributed by atoms with Crippen LogP contribution in [0.25, 0.3) is 11.5 Å². The highest BCUT2D eigenvalue weighted by molar-refractivity contribution is 5.58. The van der Waals surface area contributed by atoms with Crippen LogP contribution in [-0.4, -0.2) is 16.7 Å². The molecule has 2 heterocycles. The Morgan fingerprint density at radius 2 is 2.27 bits per heavy atom. The van der Waals surface area contributed by atoms with Crippen LogP contribution in [0, 0.1) is 0 Å². The van der Waals surface area contributed by atoms with Crippen molar-refractivity contribution < 1.29 is 9.26 Å². The highest BCUT2D eigenvalue weighted by atomic mass is 16.5. The van der Waals surface area contributed by atoms with Crippen LogP contribution in [0.5, 0.6) is 5.75 Å². The van der Waals surface area contributed by atoms with Gasteiger partial charge < -0.3 is 15.0 Å². The predicted octanol–water partition coefficient (Wildman–Crippen LogP) is 1.25. The average molecular weight is 203 g/mol. The van der Waals surface area contributed by atoms with Crippen LogP contribution in [-0.2, 0) is 6.42 Å². The Morgan fingerprint density at radius 1 is 1.33 bits per heavy atom. The Bertz CT molecular complexity index is 507. The summed E-state index contributed by atoms with van der Waals surface area (Å²) >= 11 is 0. The van der Waals surface area contributed by atoms with Crippen molar-refractivity contribution in [3.05, 3.63) is 23.8 Å². The van der Waals surface area contributed by atoms with Crippen LogP contribution < -0.4 is 10.5 Å². The van der Waals surface area contributed by atoms with Gasteiger partial charge in [0.05, 0.1) is 6.61 Å². The third kappa shape index (κ3) is 1.32. The Labute approximate surface area is 85.9 Å². The predicted molar refractivity (Wildman–Crippen MR) is 53.3 cm³/mol. The number of fused-ring (bicyclic) bond motifs is 1. The number of nitrogen functional groups attached to an aromatic ring is 1. The summed E-state index contributed by atoms with van der Waals surface area (Å²) in [6.45, 7) is 0.741. The molecule has 0 amide bonds. The second kappa shape index (κ2) is 2.98. The number of nitrogens with zero attached hydrogens (tertiary/aromatic N) is 2. The van der Waals surface area contributed by atoms with Crippen LogP contribution in [0.15, 0.2) is 22.7 Å². The van der Waals surface area contributed by atoms with E-state index < -0.39 is 0 Å². The van der Waals surface area contributed by atoms with Crippen molar-refractivity contribution >= 4 is 5.95 Å². The van der Waals surface area contributed by atoms with Crippen molar-refractivity contribution in [2.24, 2.45) is 0 Å². The number of anilines is 1. The first-order valence-electron chi connectivity index (χ1n) is 4.68. The molecule has 0 spiro atoms. The van der Waals surface area contributed by atoms with Crippen LogP contribution in [0.3, 0.4) is 0 Å². The van der Waals surface area contributed by atoms with Crippen LogP contribution in [0.4, 0.5) is 5.95 Å². The normalized spacial score (nSPS) is 13.6. The van der Waals surface area contributed by atoms with E-state index in [4.69, 9.17) is 15.0 Å². The highest BCUT2D eigenvalue weighted by Crippen LogP contribution is 2.29. The van der Waals surface area contributed by atoms with Gasteiger partial charge in [-0.3, -0.25) is 0 Å². The minimum absolute atomic E-state index is 0.154. The first-order chi connectivity index (χ1) is 7.33. The van der Waals surface area contributed by atoms with E-state index in [9.17, 15) is 0 Å². The maximum absolute atomic E-state index is 5.40. The lowest BCUT2D eigenvalue weighted by atomic mass is 10.1. The monoisotopic (exact) mass is 203 g/mol. The van der Waals surface area contributed by atoms with Gasteiger partial charge in [-0.2, -0.15) is 4.98 Å². The minimum atomic E-state index is 0.154. The van der Waals surface area contributed by atoms with E-state index in [0.717, 1.165) is 24.3 Å². The molecule has 2 N–H and O–H groups in total. The van der Waals surface area contributed by atoms with Crippen molar-refractivity contribution in [1.82, 2.24) is 10.1 Å². The summed E-state index contributed by atoms with van der Waals surface area (Å²) in [4.78, 5) is 3.97. The molecule has 2 aromatic rings. The van der Waals surface area contributed by atoms with Gasteiger partial charge in [0, 0.05) is 12.0 Å². The maximum atomic E-state index is 5.40. The highest BCUT2D eigenvalue weighted by Gasteiger charge is 2.14. The molecule has 0 saturated carbocycles. The van der Waals surface area contributed by atoms with Gasteiger partial charge in [0.2, 0.25) is 0 Å². The zero-order chi connectivity index (χ0) is 10.3. The molecule has 0 bridgehead atoms. The molecule has 5 heteroatoms. The third-order valence-corrected chi connectivity index (χ3v) is 2.38. The SMILES string of the molecule is Nc1noc(-c2ccc3c(c2)CCO3)n1. The summed E-state index contributed by atoms with van der Waals surface area (Å²) in [5, 5.41) is 3.55. The fourth-order valence-electron chi connectivity index (χ4n) is 1.67. The molecule has 0 radical (unpaired) electrons. The fourth-order valence-corrected chi connectivity index (χ4v) is 1.67. The Balaban J connectivity index is 2.06. The van der Waals surface area contributed by atoms with E-state index >= 15 is 0 Å². The number of hydrogen-bond acceptors (Lipinski definition) is 5. The summed E-state index contributed by atoms with van der Waals surface area (Å²) < 4.78 is 10.4. The smallest absolute Gasteiger partial charge is 0.261 e. The molecule has 0 unspecified atom stereocenters. The van der Waals surface area contributed by atoms with Gasteiger partial charge in [-0.05, 0) is 28.9 Å². The molecule has 3 rings (SSSR count). The summed E-state index contributed by atoms with van der Waals surface area (Å²) in [5.41, 5.74) is 7.44. The molecule has 1 aliphatic rings. The van der Waals surface area contributed by atoms with E-state index in [0.29, 0.717) is 5.89 Å². The topological polar surface area (TPSA) is 74.2 Å². The van der Waals surface area contributed by atoms with Gasteiger partial charge in [0.1, 0.15) is 5.75 Å². The molecule has 0 saturated heterocycles. The largest absolute Gasteiger partial charge is 0.493 e. The van der Waals surface area contributed by atoms with Crippen molar-refractivity contribution in [3.8, 4) is 17.2 Å². The summed E-state index contributed by atoms with van der Waals surface area (Å²) in [7, 11) is 0. The fraction of sp³-hybridized carbons (Fsp3) is 0.200. The number of benzene rings is 1. The van der Waals surface area contributed by atoms with Gasteiger partial charge in [-0.25, -0.2) is 0 Å². The van der Waals surface area contributed by atoms with Crippen molar-refractivity contribution in [2.75, 3.05) is 12.3 Å². The van der Waals surface area contributed by atoms with Crippen molar-refractivity contribution in [1.29, 1.82) is 0 Å². The molecule has 0 fully saturated rings. The number of hydrogen-bond donors (Lipinski definition) is 1. The van der Waals surface area contributed by atoms with E-state index in [2.05, 4.69) is 10.1 Å². The molecule has 1 aromatic carbocycles. The Hall–Kier alpha value is -2.04. The molecule has 5 nitrogen and oxygen atoms in total. The van der Waals surface area contributed by atoms with Crippen LogP contribution in [0.1, 0.15) is 5.56 Å². The lowest BCUT2D eigenvalue weighted by Gasteiger charge is -1.99. The number of ether oxygens (including phenoxy) is 1. The number of aromatic nitrogens is 2. The maximum Gasteiger partial charge on any atom is 0.261 e. The van der Waals surface area contributed by atoms with E-state index in [1.807, 2.05) is 18.2 Å². The Morgan fingerprint density at radius 3 is 3.07 bits per heavy atom. The quantitative estimate of drug-likeness (QED) is 0.755. The van der Waals surface area contributed by atoms with Crippen molar-refractivity contribution in [3.63, 3.8) is 0 Å². The second-order valence-electron chi connectivity index (χ2n) is 3.38. The zero-order valence-corrected chi connectivity index (χ0v) is 7.93. The lowest BCUT2D eigenvalue weighted by Crippen LogP contribution is -1.86. The van der Waals surface area contributed by atoms with Crippen LogP contribution in [0.2, 0.25) is 0 Å². The van der Waals surface area contributed by atoms with Gasteiger partial charge in [-0.1, -0.05) is 0 Å². The lowest BCUT2D eigenvalue weighted by molar-refractivity contribution is 0.357. The van der Waals surface area contributed by atoms with Gasteiger partial charge in [0.15, 0.2) is 0 Å². The summed E-state index contributed by atoms with van der Waals surface area (Å²) in [6, 6.07) is 5.80. The minimum Gasteiger partial charge on any atom is -0.493 e. The van der Waals surface area contributed by atoms with Gasteiger partial charge in [-0.15, -0.1) is 0 Å². The van der Waals surface area contributed by atoms with Crippen LogP contribution >= 0.6 is 0 Å². The summed E-state index contributed by atoms with van der Waals surface area (Å²) in [5.74, 6) is 1.54. The van der Waals surface area contributed by atoms with E-state index in [1.165, 1.54) is 5.56 Å². The second-order valence-corrected chi connectivity index (χ2v) is 3.38. The zero-order valence-electron chi connectivity index (χ0n) is 7.93. The molecule has 1 aliphatic heterocycles. The molecule has 1 aromatic heterocycles. The van der Waals surface area contributed by atoms with Gasteiger partial charge >= 0.3 is 0 Å². The average Bonchev–Trinajstić information content (AvgIpc) is 2.84. The molecule has 15 heavy (non-hydrogen) atoms.